The van der Waals surface area contributed by atoms with Gasteiger partial charge in [-0.15, -0.1) is 11.3 Å². The number of H-pyrrole nitrogens is 1. The number of pyridine rings is 1. The largest absolute Gasteiger partial charge is 0.360 e. The first-order chi connectivity index (χ1) is 7.93. The van der Waals surface area contributed by atoms with Gasteiger partial charge in [0.2, 0.25) is 0 Å². The molecule has 0 fully saturated rings. The SMILES string of the molecule is c1c[nH]c2c(c1)sc1ccc3ccnc3c12. The molecule has 0 unspecified atom stereocenters. The Labute approximate surface area is 95.5 Å². The molecule has 1 N–H and O–H groups in total. The number of rotatable bonds is 0. The van der Waals surface area contributed by atoms with E-state index in [1.807, 2.05) is 29.8 Å². The van der Waals surface area contributed by atoms with E-state index in [9.17, 15) is 0 Å². The Balaban J connectivity index is 2.42. The summed E-state index contributed by atoms with van der Waals surface area (Å²) in [5, 5.41) is 2.47. The highest BCUT2D eigenvalue weighted by molar-refractivity contribution is 7.25. The normalized spacial score (nSPS) is 11.8. The number of nitrogens with one attached hydrogen (secondary N) is 1. The number of nitrogens with zero attached hydrogens (tertiary/aromatic N) is 1. The van der Waals surface area contributed by atoms with Crippen LogP contribution in [-0.2, 0) is 0 Å². The zero-order valence-electron chi connectivity index (χ0n) is 8.40. The molecule has 0 saturated heterocycles. The minimum Gasteiger partial charge on any atom is -0.360 e. The topological polar surface area (TPSA) is 28.7 Å². The lowest BCUT2D eigenvalue weighted by atomic mass is 10.2. The van der Waals surface area contributed by atoms with Crippen molar-refractivity contribution >= 4 is 42.5 Å². The van der Waals surface area contributed by atoms with E-state index in [0.717, 1.165) is 5.52 Å². The monoisotopic (exact) mass is 224 g/mol. The third-order valence-corrected chi connectivity index (χ3v) is 4.04. The van der Waals surface area contributed by atoms with Gasteiger partial charge in [-0.3, -0.25) is 4.98 Å². The molecule has 0 radical (unpaired) electrons. The Morgan fingerprint density at radius 1 is 1.06 bits per heavy atom. The van der Waals surface area contributed by atoms with Crippen LogP contribution in [0.15, 0.2) is 42.7 Å². The number of fused-ring (bicyclic) bond motifs is 5. The van der Waals surface area contributed by atoms with Crippen molar-refractivity contribution in [3.05, 3.63) is 42.7 Å². The third-order valence-electron chi connectivity index (χ3n) is 2.92. The molecule has 0 aliphatic rings. The number of thiophene rings is 1. The third kappa shape index (κ3) is 0.933. The summed E-state index contributed by atoms with van der Waals surface area (Å²) in [6, 6.07) is 10.6. The highest BCUT2D eigenvalue weighted by Gasteiger charge is 2.09. The summed E-state index contributed by atoms with van der Waals surface area (Å²) in [5.41, 5.74) is 2.30. The maximum Gasteiger partial charge on any atom is 0.0810 e. The average Bonchev–Trinajstić information content (AvgIpc) is 2.91. The lowest BCUT2D eigenvalue weighted by Gasteiger charge is -1.93. The zero-order valence-corrected chi connectivity index (χ0v) is 9.21. The van der Waals surface area contributed by atoms with Crippen molar-refractivity contribution in [1.82, 2.24) is 9.97 Å². The van der Waals surface area contributed by atoms with Crippen LogP contribution in [0, 0.1) is 0 Å². The molecule has 76 valence electrons. The highest BCUT2D eigenvalue weighted by Crippen LogP contribution is 2.36. The Hall–Kier alpha value is -1.87. The molecule has 0 bridgehead atoms. The van der Waals surface area contributed by atoms with Crippen LogP contribution >= 0.6 is 11.3 Å². The zero-order chi connectivity index (χ0) is 10.5. The molecular weight excluding hydrogens is 216 g/mol. The second-order valence-electron chi connectivity index (χ2n) is 3.83. The summed E-state index contributed by atoms with van der Waals surface area (Å²) in [5.74, 6) is 0. The Kier molecular flexibility index (Phi) is 1.47. The van der Waals surface area contributed by atoms with Gasteiger partial charge in [-0.05, 0) is 24.3 Å². The van der Waals surface area contributed by atoms with Gasteiger partial charge in [0.1, 0.15) is 0 Å². The molecule has 0 aliphatic carbocycles. The number of hydrogen-bond acceptors (Lipinski definition) is 2. The predicted molar refractivity (Wildman–Crippen MR) is 69.0 cm³/mol. The van der Waals surface area contributed by atoms with Crippen molar-refractivity contribution in [2.24, 2.45) is 0 Å². The maximum absolute atomic E-state index is 4.46. The molecule has 3 heteroatoms. The fourth-order valence-corrected chi connectivity index (χ4v) is 3.28. The average molecular weight is 224 g/mol. The van der Waals surface area contributed by atoms with Crippen LogP contribution in [0.25, 0.3) is 31.2 Å². The Morgan fingerprint density at radius 3 is 3.06 bits per heavy atom. The standard InChI is InChI=1S/C13H8N2S/c1-2-10-13(14-6-1)11-9(16-10)4-3-8-5-7-15-12(8)11/h1-7,14H. The first kappa shape index (κ1) is 8.30. The lowest BCUT2D eigenvalue weighted by molar-refractivity contribution is 1.43. The minimum atomic E-state index is 1.10. The van der Waals surface area contributed by atoms with Crippen LogP contribution in [-0.4, -0.2) is 9.97 Å². The van der Waals surface area contributed by atoms with Gasteiger partial charge in [-0.2, -0.15) is 0 Å². The van der Waals surface area contributed by atoms with Gasteiger partial charge >= 0.3 is 0 Å². The summed E-state index contributed by atoms with van der Waals surface area (Å²) < 4.78 is 2.58. The van der Waals surface area contributed by atoms with Crippen LogP contribution in [0.3, 0.4) is 0 Å². The van der Waals surface area contributed by atoms with Crippen LogP contribution in [0.1, 0.15) is 0 Å². The van der Waals surface area contributed by atoms with E-state index in [0.29, 0.717) is 0 Å². The Bertz CT molecular complexity index is 810. The number of benzene rings is 1. The first-order valence-corrected chi connectivity index (χ1v) is 5.98. The van der Waals surface area contributed by atoms with Crippen molar-refractivity contribution in [3.8, 4) is 0 Å². The molecule has 0 spiro atoms. The van der Waals surface area contributed by atoms with E-state index in [2.05, 4.69) is 34.2 Å². The number of aromatic nitrogens is 2. The van der Waals surface area contributed by atoms with Gasteiger partial charge in [0, 0.05) is 27.9 Å². The van der Waals surface area contributed by atoms with Crippen LogP contribution in [0.2, 0.25) is 0 Å². The predicted octanol–water partition coefficient (Wildman–Crippen LogP) is 3.93. The van der Waals surface area contributed by atoms with E-state index >= 15 is 0 Å². The minimum absolute atomic E-state index is 1.10. The van der Waals surface area contributed by atoms with Gasteiger partial charge in [0.05, 0.1) is 15.7 Å². The smallest absolute Gasteiger partial charge is 0.0810 e. The van der Waals surface area contributed by atoms with Crippen molar-refractivity contribution in [3.63, 3.8) is 0 Å². The summed E-state index contributed by atoms with van der Waals surface area (Å²) in [6.45, 7) is 0. The molecule has 4 aromatic rings. The van der Waals surface area contributed by atoms with Gasteiger partial charge in [-0.25, -0.2) is 0 Å². The summed E-state index contributed by atoms with van der Waals surface area (Å²) in [7, 11) is 0. The molecule has 0 saturated carbocycles. The molecular formula is C13H8N2S. The van der Waals surface area contributed by atoms with Crippen molar-refractivity contribution < 1.29 is 0 Å². The van der Waals surface area contributed by atoms with Gasteiger partial charge < -0.3 is 4.98 Å². The first-order valence-electron chi connectivity index (χ1n) is 5.17. The van der Waals surface area contributed by atoms with Crippen LogP contribution in [0.5, 0.6) is 0 Å². The fourth-order valence-electron chi connectivity index (χ4n) is 2.20. The molecule has 0 aliphatic heterocycles. The van der Waals surface area contributed by atoms with Crippen molar-refractivity contribution in [1.29, 1.82) is 0 Å². The van der Waals surface area contributed by atoms with E-state index in [1.54, 1.807) is 0 Å². The van der Waals surface area contributed by atoms with E-state index < -0.39 is 0 Å². The lowest BCUT2D eigenvalue weighted by Crippen LogP contribution is -1.74. The van der Waals surface area contributed by atoms with Crippen LogP contribution < -0.4 is 0 Å². The van der Waals surface area contributed by atoms with Crippen molar-refractivity contribution in [2.75, 3.05) is 0 Å². The molecule has 0 amide bonds. The summed E-state index contributed by atoms with van der Waals surface area (Å²) in [4.78, 5) is 7.78. The number of aromatic amines is 1. The Morgan fingerprint density at radius 2 is 2.06 bits per heavy atom. The van der Waals surface area contributed by atoms with E-state index in [1.165, 1.54) is 25.7 Å². The fraction of sp³-hybridized carbons (Fsp3) is 0. The maximum atomic E-state index is 4.46. The molecule has 16 heavy (non-hydrogen) atoms. The van der Waals surface area contributed by atoms with Crippen LogP contribution in [0.4, 0.5) is 0 Å². The summed E-state index contributed by atoms with van der Waals surface area (Å²) >= 11 is 1.81. The molecule has 2 nitrogen and oxygen atoms in total. The van der Waals surface area contributed by atoms with Gasteiger partial charge in [0.15, 0.2) is 0 Å². The van der Waals surface area contributed by atoms with Gasteiger partial charge in [-0.1, -0.05) is 6.07 Å². The molecule has 1 aromatic carbocycles. The summed E-state index contributed by atoms with van der Waals surface area (Å²) in [6.07, 6.45) is 3.84. The molecule has 4 rings (SSSR count). The van der Waals surface area contributed by atoms with Crippen molar-refractivity contribution in [2.45, 2.75) is 0 Å². The van der Waals surface area contributed by atoms with E-state index in [4.69, 9.17) is 0 Å². The second-order valence-corrected chi connectivity index (χ2v) is 4.92. The highest BCUT2D eigenvalue weighted by atomic mass is 32.1. The van der Waals surface area contributed by atoms with Gasteiger partial charge in [0.25, 0.3) is 0 Å². The molecule has 0 atom stereocenters. The van der Waals surface area contributed by atoms with E-state index in [-0.39, 0.29) is 0 Å². The molecule has 3 heterocycles. The quantitative estimate of drug-likeness (QED) is 0.481. The second kappa shape index (κ2) is 2.83. The number of hydrogen-bond donors (Lipinski definition) is 1. The molecule has 3 aromatic heterocycles.